The van der Waals surface area contributed by atoms with Crippen LogP contribution in [0.25, 0.3) is 0 Å². The summed E-state index contributed by atoms with van der Waals surface area (Å²) in [5.74, 6) is 0.0695. The number of phenolic OH excluding ortho intramolecular Hbond substituents is 1. The lowest BCUT2D eigenvalue weighted by Gasteiger charge is -2.08. The summed E-state index contributed by atoms with van der Waals surface area (Å²) in [6.07, 6.45) is 1.82. The average molecular weight is 251 g/mol. The van der Waals surface area contributed by atoms with Crippen LogP contribution >= 0.6 is 0 Å². The number of hydrogen-bond acceptors (Lipinski definition) is 3. The fourth-order valence-corrected chi connectivity index (χ4v) is 1.62. The molecule has 100 valence electrons. The molecule has 0 bridgehead atoms. The average Bonchev–Trinajstić information content (AvgIpc) is 2.33. The minimum atomic E-state index is -0.108. The van der Waals surface area contributed by atoms with Crippen LogP contribution in [0.3, 0.4) is 0 Å². The van der Waals surface area contributed by atoms with E-state index in [4.69, 9.17) is 4.74 Å². The van der Waals surface area contributed by atoms with E-state index in [1.165, 1.54) is 6.07 Å². The Hall–Kier alpha value is -1.55. The Morgan fingerprint density at radius 2 is 2.17 bits per heavy atom. The van der Waals surface area contributed by atoms with Gasteiger partial charge < -0.3 is 15.2 Å². The standard InChI is InChI=1S/C14H21NO3/c1-3-8-18-9-4-7-15-14(17)13-6-5-12(16)10-11(13)2/h5-6,10,16H,3-4,7-9H2,1-2H3,(H,15,17). The van der Waals surface area contributed by atoms with Gasteiger partial charge >= 0.3 is 0 Å². The van der Waals surface area contributed by atoms with E-state index in [-0.39, 0.29) is 11.7 Å². The molecule has 0 saturated carbocycles. The van der Waals surface area contributed by atoms with E-state index in [0.717, 1.165) is 25.0 Å². The first-order valence-corrected chi connectivity index (χ1v) is 6.30. The molecule has 0 fully saturated rings. The van der Waals surface area contributed by atoms with Crippen molar-refractivity contribution in [2.75, 3.05) is 19.8 Å². The highest BCUT2D eigenvalue weighted by Crippen LogP contribution is 2.15. The van der Waals surface area contributed by atoms with E-state index in [0.29, 0.717) is 18.7 Å². The van der Waals surface area contributed by atoms with Crippen molar-refractivity contribution in [3.8, 4) is 5.75 Å². The van der Waals surface area contributed by atoms with Crippen molar-refractivity contribution in [3.05, 3.63) is 29.3 Å². The van der Waals surface area contributed by atoms with Gasteiger partial charge in [0.2, 0.25) is 0 Å². The van der Waals surface area contributed by atoms with Crippen molar-refractivity contribution in [2.24, 2.45) is 0 Å². The predicted octanol–water partition coefficient (Wildman–Crippen LogP) is 2.25. The molecule has 4 nitrogen and oxygen atoms in total. The van der Waals surface area contributed by atoms with Gasteiger partial charge in [0.05, 0.1) is 0 Å². The van der Waals surface area contributed by atoms with Crippen molar-refractivity contribution in [1.29, 1.82) is 0 Å². The van der Waals surface area contributed by atoms with Crippen LogP contribution in [-0.2, 0) is 4.74 Å². The van der Waals surface area contributed by atoms with Crippen LogP contribution in [0, 0.1) is 6.92 Å². The molecule has 0 saturated heterocycles. The summed E-state index contributed by atoms with van der Waals surface area (Å²) in [4.78, 5) is 11.8. The van der Waals surface area contributed by atoms with Gasteiger partial charge in [0, 0.05) is 25.3 Å². The number of aryl methyl sites for hydroxylation is 1. The lowest BCUT2D eigenvalue weighted by atomic mass is 10.1. The number of benzene rings is 1. The maximum Gasteiger partial charge on any atom is 0.251 e. The van der Waals surface area contributed by atoms with Crippen molar-refractivity contribution < 1.29 is 14.6 Å². The number of aromatic hydroxyl groups is 1. The second-order valence-electron chi connectivity index (χ2n) is 4.22. The quantitative estimate of drug-likeness (QED) is 0.731. The summed E-state index contributed by atoms with van der Waals surface area (Å²) in [6.45, 7) is 5.91. The number of rotatable bonds is 7. The number of carbonyl (C=O) groups excluding carboxylic acids is 1. The van der Waals surface area contributed by atoms with Gasteiger partial charge in [-0.1, -0.05) is 6.92 Å². The Bertz CT molecular complexity index is 391. The molecule has 0 unspecified atom stereocenters. The van der Waals surface area contributed by atoms with Crippen LogP contribution < -0.4 is 5.32 Å². The van der Waals surface area contributed by atoms with Crippen molar-refractivity contribution in [1.82, 2.24) is 5.32 Å². The molecule has 4 heteroatoms. The van der Waals surface area contributed by atoms with Crippen LogP contribution in [0.4, 0.5) is 0 Å². The summed E-state index contributed by atoms with van der Waals surface area (Å²) in [6, 6.07) is 4.74. The van der Waals surface area contributed by atoms with E-state index < -0.39 is 0 Å². The van der Waals surface area contributed by atoms with Crippen molar-refractivity contribution >= 4 is 5.91 Å². The highest BCUT2D eigenvalue weighted by Gasteiger charge is 2.08. The van der Waals surface area contributed by atoms with Gasteiger partial charge in [0.25, 0.3) is 5.91 Å². The minimum absolute atomic E-state index is 0.108. The van der Waals surface area contributed by atoms with E-state index in [1.54, 1.807) is 19.1 Å². The van der Waals surface area contributed by atoms with Gasteiger partial charge in [-0.2, -0.15) is 0 Å². The second-order valence-corrected chi connectivity index (χ2v) is 4.22. The summed E-state index contributed by atoms with van der Waals surface area (Å²) in [7, 11) is 0. The molecule has 1 rings (SSSR count). The van der Waals surface area contributed by atoms with E-state index in [1.807, 2.05) is 0 Å². The number of amides is 1. The van der Waals surface area contributed by atoms with Crippen molar-refractivity contribution in [3.63, 3.8) is 0 Å². The first-order valence-electron chi connectivity index (χ1n) is 6.30. The summed E-state index contributed by atoms with van der Waals surface area (Å²) < 4.78 is 5.33. The molecule has 0 aromatic heterocycles. The summed E-state index contributed by atoms with van der Waals surface area (Å²) in [5.41, 5.74) is 1.37. The van der Waals surface area contributed by atoms with E-state index >= 15 is 0 Å². The monoisotopic (exact) mass is 251 g/mol. The maximum absolute atomic E-state index is 11.8. The molecule has 1 aromatic carbocycles. The first kappa shape index (κ1) is 14.5. The summed E-state index contributed by atoms with van der Waals surface area (Å²) in [5, 5.41) is 12.1. The zero-order chi connectivity index (χ0) is 13.4. The van der Waals surface area contributed by atoms with E-state index in [2.05, 4.69) is 12.2 Å². The fraction of sp³-hybridized carbons (Fsp3) is 0.500. The van der Waals surface area contributed by atoms with Gasteiger partial charge in [0.15, 0.2) is 0 Å². The molecule has 0 radical (unpaired) electrons. The molecule has 1 amide bonds. The highest BCUT2D eigenvalue weighted by molar-refractivity contribution is 5.95. The van der Waals surface area contributed by atoms with Gasteiger partial charge in [0.1, 0.15) is 5.75 Å². The van der Waals surface area contributed by atoms with Gasteiger partial charge in [-0.15, -0.1) is 0 Å². The lowest BCUT2D eigenvalue weighted by molar-refractivity contribution is 0.0941. The maximum atomic E-state index is 11.8. The van der Waals surface area contributed by atoms with Gasteiger partial charge in [-0.05, 0) is 43.5 Å². The normalized spacial score (nSPS) is 10.3. The second kappa shape index (κ2) is 7.71. The Kier molecular flexibility index (Phi) is 6.22. The molecule has 0 aliphatic rings. The Morgan fingerprint density at radius 3 is 2.83 bits per heavy atom. The molecule has 0 heterocycles. The van der Waals surface area contributed by atoms with Crippen LogP contribution in [-0.4, -0.2) is 30.8 Å². The smallest absolute Gasteiger partial charge is 0.251 e. The Morgan fingerprint density at radius 1 is 1.39 bits per heavy atom. The number of carbonyl (C=O) groups is 1. The fourth-order valence-electron chi connectivity index (χ4n) is 1.62. The molecule has 0 atom stereocenters. The number of nitrogens with one attached hydrogen (secondary N) is 1. The van der Waals surface area contributed by atoms with Crippen LogP contribution in [0.1, 0.15) is 35.7 Å². The first-order chi connectivity index (χ1) is 8.65. The van der Waals surface area contributed by atoms with Crippen LogP contribution in [0.15, 0.2) is 18.2 Å². The predicted molar refractivity (Wildman–Crippen MR) is 70.9 cm³/mol. The highest BCUT2D eigenvalue weighted by atomic mass is 16.5. The molecule has 0 spiro atoms. The summed E-state index contributed by atoms with van der Waals surface area (Å²) >= 11 is 0. The molecule has 0 aliphatic heterocycles. The SMILES string of the molecule is CCCOCCCNC(=O)c1ccc(O)cc1C. The molecular weight excluding hydrogens is 230 g/mol. The molecule has 2 N–H and O–H groups in total. The third kappa shape index (κ3) is 4.75. The molecule has 0 aliphatic carbocycles. The minimum Gasteiger partial charge on any atom is -0.508 e. The third-order valence-corrected chi connectivity index (χ3v) is 2.55. The molecule has 1 aromatic rings. The van der Waals surface area contributed by atoms with Gasteiger partial charge in [-0.25, -0.2) is 0 Å². The largest absolute Gasteiger partial charge is 0.508 e. The third-order valence-electron chi connectivity index (χ3n) is 2.55. The Balaban J connectivity index is 2.32. The van der Waals surface area contributed by atoms with Gasteiger partial charge in [-0.3, -0.25) is 4.79 Å². The van der Waals surface area contributed by atoms with E-state index in [9.17, 15) is 9.90 Å². The van der Waals surface area contributed by atoms with Crippen LogP contribution in [0.5, 0.6) is 5.75 Å². The zero-order valence-corrected chi connectivity index (χ0v) is 11.0. The topological polar surface area (TPSA) is 58.6 Å². The molecule has 18 heavy (non-hydrogen) atoms. The van der Waals surface area contributed by atoms with Crippen LogP contribution in [0.2, 0.25) is 0 Å². The number of hydrogen-bond donors (Lipinski definition) is 2. The number of ether oxygens (including phenoxy) is 1. The lowest BCUT2D eigenvalue weighted by Crippen LogP contribution is -2.25. The zero-order valence-electron chi connectivity index (χ0n) is 11.0. The Labute approximate surface area is 108 Å². The molecular formula is C14H21NO3. The van der Waals surface area contributed by atoms with Crippen molar-refractivity contribution in [2.45, 2.75) is 26.7 Å². The number of phenols is 1.